The van der Waals surface area contributed by atoms with Gasteiger partial charge in [-0.25, -0.2) is 4.39 Å². The summed E-state index contributed by atoms with van der Waals surface area (Å²) < 4.78 is 13.7. The van der Waals surface area contributed by atoms with Gasteiger partial charge < -0.3 is 5.73 Å². The lowest BCUT2D eigenvalue weighted by Gasteiger charge is -2.14. The van der Waals surface area contributed by atoms with Crippen LogP contribution in [-0.2, 0) is 5.41 Å². The molecule has 0 bridgehead atoms. The number of benzene rings is 1. The maximum atomic E-state index is 13.7. The molecule has 0 aromatic heterocycles. The van der Waals surface area contributed by atoms with Crippen LogP contribution < -0.4 is 5.73 Å². The van der Waals surface area contributed by atoms with Gasteiger partial charge >= 0.3 is 0 Å². The van der Waals surface area contributed by atoms with E-state index in [0.29, 0.717) is 16.5 Å². The van der Waals surface area contributed by atoms with Gasteiger partial charge in [0.25, 0.3) is 0 Å². The van der Waals surface area contributed by atoms with E-state index in [1.165, 1.54) is 11.8 Å². The van der Waals surface area contributed by atoms with E-state index in [2.05, 4.69) is 0 Å². The van der Waals surface area contributed by atoms with Crippen molar-refractivity contribution in [3.63, 3.8) is 0 Å². The normalized spacial score (nSPS) is 17.9. The minimum Gasteiger partial charge on any atom is -0.330 e. The maximum Gasteiger partial charge on any atom is 0.138 e. The number of thioether (sulfide) groups is 1. The molecular formula is C11H13ClFNS. The van der Waals surface area contributed by atoms with Crippen LogP contribution in [0.2, 0.25) is 5.02 Å². The van der Waals surface area contributed by atoms with Crippen molar-refractivity contribution in [1.82, 2.24) is 0 Å². The second-order valence-electron chi connectivity index (χ2n) is 3.96. The average molecular weight is 246 g/mol. The molecule has 1 fully saturated rings. The Balaban J connectivity index is 2.44. The van der Waals surface area contributed by atoms with Gasteiger partial charge in [-0.2, -0.15) is 0 Å². The molecular weight excluding hydrogens is 233 g/mol. The van der Waals surface area contributed by atoms with E-state index in [1.54, 1.807) is 6.07 Å². The van der Waals surface area contributed by atoms with Crippen LogP contribution in [0.5, 0.6) is 0 Å². The van der Waals surface area contributed by atoms with Gasteiger partial charge in [0.2, 0.25) is 0 Å². The molecule has 0 amide bonds. The van der Waals surface area contributed by atoms with Gasteiger partial charge in [-0.05, 0) is 36.8 Å². The molecule has 15 heavy (non-hydrogen) atoms. The number of nitrogens with two attached hydrogens (primary N) is 1. The van der Waals surface area contributed by atoms with Crippen molar-refractivity contribution >= 4 is 23.4 Å². The van der Waals surface area contributed by atoms with Crippen LogP contribution in [0.25, 0.3) is 0 Å². The van der Waals surface area contributed by atoms with Crippen molar-refractivity contribution in [3.8, 4) is 0 Å². The topological polar surface area (TPSA) is 26.0 Å². The first-order valence-electron chi connectivity index (χ1n) is 4.86. The second kappa shape index (κ2) is 3.96. The summed E-state index contributed by atoms with van der Waals surface area (Å²) in [6, 6.07) is 3.44. The molecule has 1 nitrogen and oxygen atoms in total. The van der Waals surface area contributed by atoms with E-state index in [9.17, 15) is 4.39 Å². The Bertz CT molecular complexity index is 367. The van der Waals surface area contributed by atoms with Gasteiger partial charge in [0.05, 0.1) is 9.92 Å². The summed E-state index contributed by atoms with van der Waals surface area (Å²) in [5.41, 5.74) is 6.65. The third-order valence-electron chi connectivity index (χ3n) is 3.06. The lowest BCUT2D eigenvalue weighted by atomic mass is 9.96. The van der Waals surface area contributed by atoms with Crippen LogP contribution in [0.3, 0.4) is 0 Å². The minimum atomic E-state index is -0.232. The Hall–Kier alpha value is -0.250. The smallest absolute Gasteiger partial charge is 0.138 e. The number of halogens is 2. The summed E-state index contributed by atoms with van der Waals surface area (Å²) in [4.78, 5) is 0.522. The van der Waals surface area contributed by atoms with Crippen LogP contribution in [-0.4, -0.2) is 12.8 Å². The zero-order valence-electron chi connectivity index (χ0n) is 8.52. The van der Waals surface area contributed by atoms with Crippen LogP contribution in [0.1, 0.15) is 18.4 Å². The largest absolute Gasteiger partial charge is 0.330 e. The van der Waals surface area contributed by atoms with E-state index in [-0.39, 0.29) is 11.2 Å². The molecule has 0 radical (unpaired) electrons. The Labute approximate surface area is 98.2 Å². The molecule has 82 valence electrons. The van der Waals surface area contributed by atoms with Crippen molar-refractivity contribution < 1.29 is 4.39 Å². The van der Waals surface area contributed by atoms with Crippen LogP contribution in [0.15, 0.2) is 17.0 Å². The molecule has 1 aliphatic carbocycles. The van der Waals surface area contributed by atoms with E-state index in [0.717, 1.165) is 18.4 Å². The molecule has 2 rings (SSSR count). The Morgan fingerprint density at radius 3 is 2.60 bits per heavy atom. The Kier molecular flexibility index (Phi) is 2.97. The third kappa shape index (κ3) is 1.88. The van der Waals surface area contributed by atoms with E-state index in [1.807, 2.05) is 12.3 Å². The molecule has 1 aromatic rings. The SMILES string of the molecule is CSc1c(F)cc(C2(CN)CC2)cc1Cl. The van der Waals surface area contributed by atoms with Gasteiger partial charge in [0, 0.05) is 12.0 Å². The molecule has 0 spiro atoms. The molecule has 1 saturated carbocycles. The van der Waals surface area contributed by atoms with Crippen molar-refractivity contribution in [2.45, 2.75) is 23.2 Å². The molecule has 4 heteroatoms. The quantitative estimate of drug-likeness (QED) is 0.828. The van der Waals surface area contributed by atoms with Crippen molar-refractivity contribution in [3.05, 3.63) is 28.5 Å². The fourth-order valence-corrected chi connectivity index (χ4v) is 2.77. The molecule has 0 heterocycles. The number of rotatable bonds is 3. The highest BCUT2D eigenvalue weighted by molar-refractivity contribution is 7.98. The maximum absolute atomic E-state index is 13.7. The fourth-order valence-electron chi connectivity index (χ4n) is 1.82. The van der Waals surface area contributed by atoms with Crippen molar-refractivity contribution in [2.75, 3.05) is 12.8 Å². The van der Waals surface area contributed by atoms with Gasteiger partial charge in [-0.1, -0.05) is 11.6 Å². The number of hydrogen-bond acceptors (Lipinski definition) is 2. The molecule has 0 atom stereocenters. The lowest BCUT2D eigenvalue weighted by molar-refractivity contribution is 0.592. The van der Waals surface area contributed by atoms with Crippen LogP contribution in [0.4, 0.5) is 4.39 Å². The van der Waals surface area contributed by atoms with Crippen molar-refractivity contribution in [2.24, 2.45) is 5.73 Å². The molecule has 2 N–H and O–H groups in total. The highest BCUT2D eigenvalue weighted by Crippen LogP contribution is 2.48. The summed E-state index contributed by atoms with van der Waals surface area (Å²) in [6.45, 7) is 0.571. The first-order chi connectivity index (χ1) is 7.13. The molecule has 0 saturated heterocycles. The summed E-state index contributed by atoms with van der Waals surface area (Å²) in [5, 5.41) is 0.497. The van der Waals surface area contributed by atoms with Gasteiger partial charge in [-0.15, -0.1) is 11.8 Å². The van der Waals surface area contributed by atoms with Crippen molar-refractivity contribution in [1.29, 1.82) is 0 Å². The van der Waals surface area contributed by atoms with Crippen LogP contribution >= 0.6 is 23.4 Å². The molecule has 0 aliphatic heterocycles. The number of hydrogen-bond donors (Lipinski definition) is 1. The first-order valence-corrected chi connectivity index (χ1v) is 6.47. The van der Waals surface area contributed by atoms with Gasteiger partial charge in [-0.3, -0.25) is 0 Å². The zero-order valence-corrected chi connectivity index (χ0v) is 10.1. The van der Waals surface area contributed by atoms with E-state index in [4.69, 9.17) is 17.3 Å². The lowest BCUT2D eigenvalue weighted by Crippen LogP contribution is -2.19. The molecule has 1 aromatic carbocycles. The Morgan fingerprint density at radius 2 is 2.20 bits per heavy atom. The van der Waals surface area contributed by atoms with E-state index < -0.39 is 0 Å². The predicted molar refractivity (Wildman–Crippen MR) is 63.2 cm³/mol. The Morgan fingerprint density at radius 1 is 1.53 bits per heavy atom. The second-order valence-corrected chi connectivity index (χ2v) is 5.18. The highest BCUT2D eigenvalue weighted by Gasteiger charge is 2.43. The first kappa shape index (κ1) is 11.2. The van der Waals surface area contributed by atoms with E-state index >= 15 is 0 Å². The third-order valence-corrected chi connectivity index (χ3v) is 4.29. The monoisotopic (exact) mass is 245 g/mol. The van der Waals surface area contributed by atoms with Crippen LogP contribution in [0, 0.1) is 5.82 Å². The van der Waals surface area contributed by atoms with Gasteiger partial charge in [0.1, 0.15) is 5.82 Å². The standard InChI is InChI=1S/C11H13ClFNS/c1-15-10-8(12)4-7(5-9(10)13)11(6-14)2-3-11/h4-5H,2-3,6,14H2,1H3. The summed E-state index contributed by atoms with van der Waals surface area (Å²) in [6.07, 6.45) is 3.90. The predicted octanol–water partition coefficient (Wildman–Crippen LogP) is 3.19. The molecule has 0 unspecified atom stereocenters. The summed E-state index contributed by atoms with van der Waals surface area (Å²) in [5.74, 6) is -0.232. The average Bonchev–Trinajstić information content (AvgIpc) is 2.97. The molecule has 1 aliphatic rings. The summed E-state index contributed by atoms with van der Waals surface area (Å²) >= 11 is 7.36. The zero-order chi connectivity index (χ0) is 11.1. The fraction of sp³-hybridized carbons (Fsp3) is 0.455. The highest BCUT2D eigenvalue weighted by atomic mass is 35.5. The van der Waals surface area contributed by atoms with Gasteiger partial charge in [0.15, 0.2) is 0 Å². The summed E-state index contributed by atoms with van der Waals surface area (Å²) in [7, 11) is 0. The minimum absolute atomic E-state index is 0.00141.